The van der Waals surface area contributed by atoms with Crippen LogP contribution in [0.15, 0.2) is 21.9 Å². The number of piperidine rings is 1. The number of aliphatic hydroxyl groups excluding tert-OH is 2. The summed E-state index contributed by atoms with van der Waals surface area (Å²) < 4.78 is 11.9. The zero-order valence-corrected chi connectivity index (χ0v) is 15.1. The van der Waals surface area contributed by atoms with Gasteiger partial charge in [0.1, 0.15) is 12.2 Å². The fourth-order valence-electron chi connectivity index (χ4n) is 3.88. The topological polar surface area (TPSA) is 134 Å². The van der Waals surface area contributed by atoms with Crippen LogP contribution in [0.4, 0.5) is 0 Å². The van der Waals surface area contributed by atoms with Crippen LogP contribution < -0.4 is 11.2 Å². The number of aliphatic hydroxyl groups is 2. The third-order valence-electron chi connectivity index (χ3n) is 5.21. The molecule has 3 N–H and O–H groups in total. The Labute approximate surface area is 155 Å². The molecule has 0 amide bonds. The number of esters is 1. The van der Waals surface area contributed by atoms with Crippen molar-refractivity contribution in [3.63, 3.8) is 0 Å². The van der Waals surface area contributed by atoms with E-state index in [1.165, 1.54) is 12.3 Å². The number of ether oxygens (including phenoxy) is 2. The van der Waals surface area contributed by atoms with Gasteiger partial charge in [0.25, 0.3) is 5.56 Å². The van der Waals surface area contributed by atoms with Gasteiger partial charge in [-0.25, -0.2) is 4.79 Å². The maximum absolute atomic E-state index is 12.0. The largest absolute Gasteiger partial charge is 0.466 e. The summed E-state index contributed by atoms with van der Waals surface area (Å²) in [6, 6.07) is 0.644. The Balaban J connectivity index is 1.73. The van der Waals surface area contributed by atoms with E-state index in [0.29, 0.717) is 32.5 Å². The smallest absolute Gasteiger partial charge is 0.330 e. The zero-order chi connectivity index (χ0) is 19.6. The van der Waals surface area contributed by atoms with Crippen LogP contribution in [0.1, 0.15) is 26.0 Å². The molecule has 1 aromatic rings. The van der Waals surface area contributed by atoms with E-state index in [2.05, 4.69) is 4.98 Å². The Morgan fingerprint density at radius 2 is 2.07 bits per heavy atom. The average Bonchev–Trinajstić information content (AvgIpc) is 2.98. The molecule has 0 unspecified atom stereocenters. The Bertz CT molecular complexity index is 768. The predicted molar refractivity (Wildman–Crippen MR) is 93.0 cm³/mol. The van der Waals surface area contributed by atoms with Crippen molar-refractivity contribution >= 4 is 5.97 Å². The van der Waals surface area contributed by atoms with Crippen molar-refractivity contribution in [3.05, 3.63) is 33.1 Å². The van der Waals surface area contributed by atoms with Gasteiger partial charge in [-0.2, -0.15) is 0 Å². The number of hydrogen-bond acceptors (Lipinski definition) is 8. The third kappa shape index (κ3) is 3.98. The minimum absolute atomic E-state index is 0.175. The first-order valence-electron chi connectivity index (χ1n) is 9.12. The van der Waals surface area contributed by atoms with Gasteiger partial charge in [-0.05, 0) is 32.9 Å². The summed E-state index contributed by atoms with van der Waals surface area (Å²) in [5.74, 6) is -0.386. The first-order chi connectivity index (χ1) is 13.0. The van der Waals surface area contributed by atoms with Gasteiger partial charge in [0.2, 0.25) is 0 Å². The Kier molecular flexibility index (Phi) is 6.10. The van der Waals surface area contributed by atoms with E-state index in [1.807, 2.05) is 4.90 Å². The molecular weight excluding hydrogens is 358 g/mol. The summed E-state index contributed by atoms with van der Waals surface area (Å²) in [6.45, 7) is 2.87. The highest BCUT2D eigenvalue weighted by atomic mass is 16.5. The number of rotatable bonds is 5. The van der Waals surface area contributed by atoms with E-state index in [4.69, 9.17) is 9.47 Å². The van der Waals surface area contributed by atoms with Crippen molar-refractivity contribution in [2.45, 2.75) is 44.2 Å². The van der Waals surface area contributed by atoms with Crippen molar-refractivity contribution in [3.8, 4) is 0 Å². The highest BCUT2D eigenvalue weighted by molar-refractivity contribution is 5.72. The van der Waals surface area contributed by atoms with Gasteiger partial charge in [-0.15, -0.1) is 0 Å². The second-order valence-corrected chi connectivity index (χ2v) is 6.81. The van der Waals surface area contributed by atoms with Crippen molar-refractivity contribution in [1.29, 1.82) is 0 Å². The van der Waals surface area contributed by atoms with Gasteiger partial charge in [0.05, 0.1) is 25.2 Å². The molecule has 27 heavy (non-hydrogen) atoms. The summed E-state index contributed by atoms with van der Waals surface area (Å²) in [5.41, 5.74) is -1.23. The van der Waals surface area contributed by atoms with Crippen LogP contribution in [0, 0.1) is 5.92 Å². The van der Waals surface area contributed by atoms with Crippen molar-refractivity contribution in [1.82, 2.24) is 14.5 Å². The van der Waals surface area contributed by atoms with Crippen LogP contribution in [0.2, 0.25) is 0 Å². The second kappa shape index (κ2) is 8.34. The van der Waals surface area contributed by atoms with Gasteiger partial charge < -0.3 is 19.7 Å². The van der Waals surface area contributed by atoms with Crippen LogP contribution in [0.3, 0.4) is 0 Å². The molecule has 0 saturated carbocycles. The van der Waals surface area contributed by atoms with Gasteiger partial charge in [-0.3, -0.25) is 24.0 Å². The molecule has 3 rings (SSSR count). The number of likely N-dealkylation sites (tertiary alicyclic amines) is 1. The Morgan fingerprint density at radius 3 is 2.67 bits per heavy atom. The molecule has 1 aromatic heterocycles. The molecule has 150 valence electrons. The number of aromatic amines is 1. The van der Waals surface area contributed by atoms with E-state index in [1.54, 1.807) is 6.92 Å². The fraction of sp³-hybridized carbons (Fsp3) is 0.706. The number of nitrogens with one attached hydrogen (secondary N) is 1. The molecule has 2 fully saturated rings. The molecule has 10 heteroatoms. The molecule has 2 saturated heterocycles. The number of carbonyl (C=O) groups excluding carboxylic acids is 1. The van der Waals surface area contributed by atoms with E-state index < -0.39 is 35.7 Å². The fourth-order valence-corrected chi connectivity index (χ4v) is 3.88. The van der Waals surface area contributed by atoms with Crippen LogP contribution in [-0.4, -0.2) is 75.2 Å². The van der Waals surface area contributed by atoms with Crippen LogP contribution in [0.25, 0.3) is 0 Å². The monoisotopic (exact) mass is 383 g/mol. The molecule has 0 spiro atoms. The van der Waals surface area contributed by atoms with Gasteiger partial charge in [0, 0.05) is 12.3 Å². The summed E-state index contributed by atoms with van der Waals surface area (Å²) in [6.07, 6.45) is -0.349. The summed E-state index contributed by atoms with van der Waals surface area (Å²) in [5, 5.41) is 20.5. The number of aromatic nitrogens is 2. The molecular formula is C17H25N3O7. The Hall–Kier alpha value is -2.01. The lowest BCUT2D eigenvalue weighted by Gasteiger charge is -2.37. The average molecular weight is 383 g/mol. The number of H-pyrrole nitrogens is 1. The second-order valence-electron chi connectivity index (χ2n) is 6.81. The molecule has 4 atom stereocenters. The third-order valence-corrected chi connectivity index (χ3v) is 5.21. The predicted octanol–water partition coefficient (Wildman–Crippen LogP) is -1.57. The molecule has 0 aromatic carbocycles. The highest BCUT2D eigenvalue weighted by Gasteiger charge is 2.48. The molecule has 0 aliphatic carbocycles. The standard InChI is InChI=1S/C17H25N3O7/c1-2-26-16(24)10-3-6-19(7-4-10)13-11(9-21)27-15(14(13)23)20-8-5-12(22)18-17(20)25/h5,8,10-11,13-15,21,23H,2-4,6-7,9H2,1H3,(H,18,22,25)/t11-,13-,14+,15-/m1/s1. The lowest BCUT2D eigenvalue weighted by atomic mass is 9.94. The van der Waals surface area contributed by atoms with E-state index >= 15 is 0 Å². The van der Waals surface area contributed by atoms with Crippen LogP contribution in [-0.2, 0) is 14.3 Å². The first kappa shape index (κ1) is 19.7. The molecule has 0 bridgehead atoms. The lowest BCUT2D eigenvalue weighted by molar-refractivity contribution is -0.150. The normalized spacial score (nSPS) is 29.7. The zero-order valence-electron chi connectivity index (χ0n) is 15.1. The van der Waals surface area contributed by atoms with Crippen LogP contribution in [0.5, 0.6) is 0 Å². The van der Waals surface area contributed by atoms with Gasteiger partial charge >= 0.3 is 11.7 Å². The van der Waals surface area contributed by atoms with Crippen molar-refractivity contribution in [2.24, 2.45) is 5.92 Å². The molecule has 2 aliphatic rings. The quantitative estimate of drug-likeness (QED) is 0.519. The maximum atomic E-state index is 12.0. The van der Waals surface area contributed by atoms with E-state index in [9.17, 15) is 24.6 Å². The summed E-state index contributed by atoms with van der Waals surface area (Å²) >= 11 is 0. The van der Waals surface area contributed by atoms with Crippen molar-refractivity contribution in [2.75, 3.05) is 26.3 Å². The van der Waals surface area contributed by atoms with E-state index in [0.717, 1.165) is 4.57 Å². The minimum Gasteiger partial charge on any atom is -0.466 e. The Morgan fingerprint density at radius 1 is 1.37 bits per heavy atom. The van der Waals surface area contributed by atoms with Gasteiger partial charge in [-0.1, -0.05) is 0 Å². The molecule has 2 aliphatic heterocycles. The number of nitrogens with zero attached hydrogens (tertiary/aromatic N) is 2. The first-order valence-corrected chi connectivity index (χ1v) is 9.12. The summed E-state index contributed by atoms with van der Waals surface area (Å²) in [7, 11) is 0. The molecule has 0 radical (unpaired) electrons. The molecule has 3 heterocycles. The van der Waals surface area contributed by atoms with E-state index in [-0.39, 0.29) is 18.5 Å². The molecule has 10 nitrogen and oxygen atoms in total. The maximum Gasteiger partial charge on any atom is 0.330 e. The highest BCUT2D eigenvalue weighted by Crippen LogP contribution is 2.34. The summed E-state index contributed by atoms with van der Waals surface area (Å²) in [4.78, 5) is 39.3. The minimum atomic E-state index is -1.08. The number of hydrogen-bond donors (Lipinski definition) is 3. The van der Waals surface area contributed by atoms with Crippen molar-refractivity contribution < 1.29 is 24.5 Å². The van der Waals surface area contributed by atoms with Crippen LogP contribution >= 0.6 is 0 Å². The SMILES string of the molecule is CCOC(=O)C1CCN([C@H]2[C@H](O)[C@H](n3ccc(=O)[nH]c3=O)O[C@@H]2CO)CC1. The van der Waals surface area contributed by atoms with Gasteiger partial charge in [0.15, 0.2) is 6.23 Å². The number of carbonyl (C=O) groups is 1. The lowest BCUT2D eigenvalue weighted by Crippen LogP contribution is -2.52.